The number of rotatable bonds is 5. The van der Waals surface area contributed by atoms with E-state index in [0.717, 1.165) is 29.6 Å². The van der Waals surface area contributed by atoms with E-state index in [9.17, 15) is 4.79 Å². The molecule has 0 aliphatic carbocycles. The molecule has 0 unspecified atom stereocenters. The highest BCUT2D eigenvalue weighted by Gasteiger charge is 2.13. The molecule has 3 rings (SSSR count). The fourth-order valence-electron chi connectivity index (χ4n) is 2.88. The second kappa shape index (κ2) is 6.28. The van der Waals surface area contributed by atoms with Gasteiger partial charge in [0.25, 0.3) is 5.91 Å². The van der Waals surface area contributed by atoms with E-state index in [4.69, 9.17) is 0 Å². The van der Waals surface area contributed by atoms with E-state index in [-0.39, 0.29) is 5.91 Å². The topological polar surface area (TPSA) is 73.6 Å². The quantitative estimate of drug-likeness (QED) is 0.633. The van der Waals surface area contributed by atoms with E-state index in [1.54, 1.807) is 6.20 Å². The van der Waals surface area contributed by atoms with Gasteiger partial charge in [-0.25, -0.2) is 4.98 Å². The number of hydrogen-bond acceptors (Lipinski definition) is 2. The SMILES string of the molecule is Cc1cc(C)c2cc(C(=O)NCCCc3ncc[nH]3)[nH]c2c1C. The van der Waals surface area contributed by atoms with Gasteiger partial charge in [-0.2, -0.15) is 0 Å². The van der Waals surface area contributed by atoms with Gasteiger partial charge in [-0.1, -0.05) is 6.07 Å². The molecule has 5 nitrogen and oxygen atoms in total. The van der Waals surface area contributed by atoms with Crippen LogP contribution in [0.4, 0.5) is 0 Å². The third-order valence-electron chi connectivity index (χ3n) is 4.32. The first kappa shape index (κ1) is 15.3. The van der Waals surface area contributed by atoms with Crippen molar-refractivity contribution in [3.05, 3.63) is 52.7 Å². The normalized spacial score (nSPS) is 11.1. The number of imidazole rings is 1. The number of amides is 1. The fraction of sp³-hybridized carbons (Fsp3) is 0.333. The fourth-order valence-corrected chi connectivity index (χ4v) is 2.88. The molecule has 0 saturated carbocycles. The first-order chi connectivity index (χ1) is 11.1. The predicted molar refractivity (Wildman–Crippen MR) is 91.8 cm³/mol. The van der Waals surface area contributed by atoms with Crippen LogP contribution >= 0.6 is 0 Å². The standard InChI is InChI=1S/C18H22N4O/c1-11-9-12(2)14-10-15(22-17(14)13(11)3)18(23)21-6-4-5-16-19-7-8-20-16/h7-10,22H,4-6H2,1-3H3,(H,19,20)(H,21,23). The summed E-state index contributed by atoms with van der Waals surface area (Å²) >= 11 is 0. The average Bonchev–Trinajstić information content (AvgIpc) is 3.18. The molecule has 23 heavy (non-hydrogen) atoms. The zero-order valence-corrected chi connectivity index (χ0v) is 13.8. The van der Waals surface area contributed by atoms with Crippen molar-refractivity contribution in [1.82, 2.24) is 20.3 Å². The van der Waals surface area contributed by atoms with E-state index < -0.39 is 0 Å². The summed E-state index contributed by atoms with van der Waals surface area (Å²) in [5.74, 6) is 0.892. The summed E-state index contributed by atoms with van der Waals surface area (Å²) in [7, 11) is 0. The molecular formula is C18H22N4O. The molecular weight excluding hydrogens is 288 g/mol. The van der Waals surface area contributed by atoms with Gasteiger partial charge in [0.05, 0.1) is 0 Å². The lowest BCUT2D eigenvalue weighted by molar-refractivity contribution is 0.0949. The van der Waals surface area contributed by atoms with Gasteiger partial charge in [0, 0.05) is 36.3 Å². The highest BCUT2D eigenvalue weighted by molar-refractivity contribution is 5.99. The molecule has 1 aromatic carbocycles. The summed E-state index contributed by atoms with van der Waals surface area (Å²) in [6, 6.07) is 4.11. The summed E-state index contributed by atoms with van der Waals surface area (Å²) in [6.45, 7) is 6.88. The zero-order valence-electron chi connectivity index (χ0n) is 13.8. The number of fused-ring (bicyclic) bond motifs is 1. The van der Waals surface area contributed by atoms with Crippen molar-refractivity contribution in [2.45, 2.75) is 33.6 Å². The Bertz CT molecular complexity index is 830. The third kappa shape index (κ3) is 3.13. The minimum absolute atomic E-state index is 0.0582. The number of nitrogens with zero attached hydrogens (tertiary/aromatic N) is 1. The molecule has 0 radical (unpaired) electrons. The number of carbonyl (C=O) groups is 1. The highest BCUT2D eigenvalue weighted by Crippen LogP contribution is 2.25. The molecule has 3 N–H and O–H groups in total. The molecule has 1 amide bonds. The van der Waals surface area contributed by atoms with Crippen molar-refractivity contribution in [1.29, 1.82) is 0 Å². The lowest BCUT2D eigenvalue weighted by atomic mass is 10.0. The largest absolute Gasteiger partial charge is 0.351 e. The molecule has 0 bridgehead atoms. The number of H-pyrrole nitrogens is 2. The summed E-state index contributed by atoms with van der Waals surface area (Å²) in [5.41, 5.74) is 5.30. The maximum absolute atomic E-state index is 12.3. The molecule has 0 atom stereocenters. The van der Waals surface area contributed by atoms with Crippen LogP contribution in [-0.4, -0.2) is 27.4 Å². The Hall–Kier alpha value is -2.56. The van der Waals surface area contributed by atoms with Gasteiger partial charge in [0.1, 0.15) is 11.5 Å². The molecule has 2 heterocycles. The summed E-state index contributed by atoms with van der Waals surface area (Å²) in [4.78, 5) is 22.8. The van der Waals surface area contributed by atoms with Gasteiger partial charge in [0.15, 0.2) is 0 Å². The van der Waals surface area contributed by atoms with Crippen LogP contribution in [0.2, 0.25) is 0 Å². The molecule has 2 aromatic heterocycles. The predicted octanol–water partition coefficient (Wildman–Crippen LogP) is 3.18. The maximum atomic E-state index is 12.3. The number of benzene rings is 1. The second-order valence-corrected chi connectivity index (χ2v) is 6.00. The minimum atomic E-state index is -0.0582. The van der Waals surface area contributed by atoms with Gasteiger partial charge in [0.2, 0.25) is 0 Å². The van der Waals surface area contributed by atoms with Crippen LogP contribution in [0.25, 0.3) is 10.9 Å². The first-order valence-corrected chi connectivity index (χ1v) is 7.92. The molecule has 0 aliphatic rings. The van der Waals surface area contributed by atoms with Crippen molar-refractivity contribution < 1.29 is 4.79 Å². The minimum Gasteiger partial charge on any atom is -0.351 e. The van der Waals surface area contributed by atoms with Gasteiger partial charge in [-0.05, 0) is 49.9 Å². The van der Waals surface area contributed by atoms with E-state index in [1.165, 1.54) is 16.7 Å². The summed E-state index contributed by atoms with van der Waals surface area (Å²) in [6.07, 6.45) is 5.24. The second-order valence-electron chi connectivity index (χ2n) is 6.00. The van der Waals surface area contributed by atoms with Crippen LogP contribution in [0.15, 0.2) is 24.5 Å². The molecule has 0 saturated heterocycles. The molecule has 5 heteroatoms. The van der Waals surface area contributed by atoms with E-state index in [0.29, 0.717) is 12.2 Å². The van der Waals surface area contributed by atoms with Crippen LogP contribution in [0, 0.1) is 20.8 Å². The maximum Gasteiger partial charge on any atom is 0.267 e. The van der Waals surface area contributed by atoms with Crippen LogP contribution in [-0.2, 0) is 6.42 Å². The molecule has 0 aliphatic heterocycles. The van der Waals surface area contributed by atoms with E-state index in [2.05, 4.69) is 47.1 Å². The Morgan fingerprint density at radius 1 is 1.22 bits per heavy atom. The van der Waals surface area contributed by atoms with Crippen LogP contribution < -0.4 is 5.32 Å². The Morgan fingerprint density at radius 2 is 2.04 bits per heavy atom. The number of aromatic nitrogens is 3. The van der Waals surface area contributed by atoms with Gasteiger partial charge >= 0.3 is 0 Å². The highest BCUT2D eigenvalue weighted by atomic mass is 16.1. The number of carbonyl (C=O) groups excluding carboxylic acids is 1. The zero-order chi connectivity index (χ0) is 16.4. The number of aryl methyl sites for hydroxylation is 4. The van der Waals surface area contributed by atoms with Gasteiger partial charge in [-0.15, -0.1) is 0 Å². The van der Waals surface area contributed by atoms with Gasteiger partial charge in [-0.3, -0.25) is 4.79 Å². The summed E-state index contributed by atoms with van der Waals surface area (Å²) in [5, 5.41) is 4.08. The lowest BCUT2D eigenvalue weighted by Gasteiger charge is -2.04. The van der Waals surface area contributed by atoms with Gasteiger partial charge < -0.3 is 15.3 Å². The monoisotopic (exact) mass is 310 g/mol. The van der Waals surface area contributed by atoms with Crippen molar-refractivity contribution in [3.8, 4) is 0 Å². The molecule has 0 fully saturated rings. The third-order valence-corrected chi connectivity index (χ3v) is 4.32. The van der Waals surface area contributed by atoms with Crippen molar-refractivity contribution in [2.24, 2.45) is 0 Å². The van der Waals surface area contributed by atoms with Crippen LogP contribution in [0.3, 0.4) is 0 Å². The first-order valence-electron chi connectivity index (χ1n) is 7.92. The molecule has 3 aromatic rings. The molecule has 120 valence electrons. The molecule has 0 spiro atoms. The lowest BCUT2D eigenvalue weighted by Crippen LogP contribution is -2.25. The van der Waals surface area contributed by atoms with Crippen molar-refractivity contribution in [3.63, 3.8) is 0 Å². The number of hydrogen-bond donors (Lipinski definition) is 3. The van der Waals surface area contributed by atoms with E-state index >= 15 is 0 Å². The smallest absolute Gasteiger partial charge is 0.267 e. The van der Waals surface area contributed by atoms with Crippen LogP contribution in [0.5, 0.6) is 0 Å². The number of nitrogens with one attached hydrogen (secondary N) is 3. The average molecular weight is 310 g/mol. The van der Waals surface area contributed by atoms with Crippen LogP contribution in [0.1, 0.15) is 39.4 Å². The Kier molecular flexibility index (Phi) is 4.19. The Balaban J connectivity index is 1.66. The summed E-state index contributed by atoms with van der Waals surface area (Å²) < 4.78 is 0. The van der Waals surface area contributed by atoms with E-state index in [1.807, 2.05) is 12.3 Å². The number of aromatic amines is 2. The van der Waals surface area contributed by atoms with Crippen molar-refractivity contribution >= 4 is 16.8 Å². The van der Waals surface area contributed by atoms with Crippen molar-refractivity contribution in [2.75, 3.05) is 6.54 Å². The Labute approximate surface area is 135 Å². The Morgan fingerprint density at radius 3 is 2.78 bits per heavy atom.